The first-order valence-corrected chi connectivity index (χ1v) is 8.82. The van der Waals surface area contributed by atoms with Gasteiger partial charge in [-0.05, 0) is 25.3 Å². The lowest BCUT2D eigenvalue weighted by Crippen LogP contribution is -2.43. The van der Waals surface area contributed by atoms with Crippen LogP contribution in [0.25, 0.3) is 0 Å². The highest BCUT2D eigenvalue weighted by Crippen LogP contribution is 2.28. The molecule has 0 aromatic heterocycles. The minimum atomic E-state index is -1.25. The first-order valence-electron chi connectivity index (χ1n) is 8.82. The van der Waals surface area contributed by atoms with Gasteiger partial charge >= 0.3 is 12.0 Å². The third kappa shape index (κ3) is 4.64. The zero-order valence-electron chi connectivity index (χ0n) is 15.9. The number of amides is 4. The molecule has 2 rings (SSSR count). The molecule has 0 bridgehead atoms. The van der Waals surface area contributed by atoms with Crippen LogP contribution < -0.4 is 10.6 Å². The quantitative estimate of drug-likeness (QED) is 0.550. The van der Waals surface area contributed by atoms with E-state index in [2.05, 4.69) is 10.6 Å². The number of rotatable bonds is 7. The molecule has 8 heteroatoms. The summed E-state index contributed by atoms with van der Waals surface area (Å²) in [5.74, 6) is -1.54. The fraction of sp³-hybridized carbons (Fsp3) is 0.474. The predicted molar refractivity (Wildman–Crippen MR) is 97.4 cm³/mol. The molecule has 4 amide bonds. The Morgan fingerprint density at radius 2 is 1.81 bits per heavy atom. The molecule has 27 heavy (non-hydrogen) atoms. The van der Waals surface area contributed by atoms with Gasteiger partial charge in [-0.15, -0.1) is 0 Å². The molecule has 8 nitrogen and oxygen atoms in total. The number of hydrogen-bond donors (Lipinski definition) is 2. The van der Waals surface area contributed by atoms with Crippen LogP contribution in [-0.2, 0) is 24.7 Å². The van der Waals surface area contributed by atoms with Crippen molar-refractivity contribution in [1.29, 1.82) is 0 Å². The van der Waals surface area contributed by atoms with E-state index in [4.69, 9.17) is 4.74 Å². The Morgan fingerprint density at radius 3 is 2.41 bits per heavy atom. The highest BCUT2D eigenvalue weighted by molar-refractivity contribution is 6.08. The molecular weight excluding hydrogens is 350 g/mol. The highest BCUT2D eigenvalue weighted by Gasteiger charge is 2.49. The van der Waals surface area contributed by atoms with Gasteiger partial charge in [-0.1, -0.05) is 44.2 Å². The van der Waals surface area contributed by atoms with Gasteiger partial charge < -0.3 is 15.4 Å². The van der Waals surface area contributed by atoms with E-state index in [0.29, 0.717) is 12.1 Å². The average Bonchev–Trinajstić information content (AvgIpc) is 2.84. The maximum atomic E-state index is 12.7. The van der Waals surface area contributed by atoms with Crippen LogP contribution in [0.3, 0.4) is 0 Å². The lowest BCUT2D eigenvalue weighted by molar-refractivity contribution is -0.156. The van der Waals surface area contributed by atoms with Gasteiger partial charge in [0.05, 0.1) is 0 Å². The summed E-state index contributed by atoms with van der Waals surface area (Å²) >= 11 is 0. The normalized spacial score (nSPS) is 20.4. The van der Waals surface area contributed by atoms with Crippen LogP contribution in [-0.4, -0.2) is 47.9 Å². The molecular formula is C19H25N3O5. The largest absolute Gasteiger partial charge is 0.451 e. The summed E-state index contributed by atoms with van der Waals surface area (Å²) in [6.45, 7) is 6.80. The van der Waals surface area contributed by atoms with Crippen molar-refractivity contribution in [3.8, 4) is 0 Å². The van der Waals surface area contributed by atoms with Gasteiger partial charge in [0, 0.05) is 6.54 Å². The summed E-state index contributed by atoms with van der Waals surface area (Å²) in [5, 5.41) is 5.27. The Bertz CT molecular complexity index is 734. The molecule has 1 heterocycles. The molecule has 0 aliphatic carbocycles. The fourth-order valence-corrected chi connectivity index (χ4v) is 2.67. The Balaban J connectivity index is 1.99. The number of esters is 1. The SMILES string of the molecule is CC(C)CNC(=O)[C@H](C)OC(=O)CN1C(=O)N[C@@](C)(c2ccccc2)C1=O. The standard InChI is InChI=1S/C19H25N3O5/c1-12(2)10-20-16(24)13(3)27-15(23)11-22-17(25)19(4,21-18(22)26)14-8-6-5-7-9-14/h5-9,12-13H,10-11H2,1-4H3,(H,20,24)(H,21,26)/t13-,19-/m0/s1. The second kappa shape index (κ2) is 8.20. The Labute approximate surface area is 158 Å². The van der Waals surface area contributed by atoms with E-state index in [9.17, 15) is 19.2 Å². The van der Waals surface area contributed by atoms with Crippen LogP contribution in [0.1, 0.15) is 33.3 Å². The number of nitrogens with one attached hydrogen (secondary N) is 2. The van der Waals surface area contributed by atoms with Crippen molar-refractivity contribution < 1.29 is 23.9 Å². The molecule has 2 atom stereocenters. The maximum absolute atomic E-state index is 12.7. The van der Waals surface area contributed by atoms with Crippen molar-refractivity contribution in [2.75, 3.05) is 13.1 Å². The first-order chi connectivity index (χ1) is 12.6. The number of benzene rings is 1. The lowest BCUT2D eigenvalue weighted by Gasteiger charge is -2.22. The number of nitrogens with zero attached hydrogens (tertiary/aromatic N) is 1. The monoisotopic (exact) mass is 375 g/mol. The third-order valence-corrected chi connectivity index (χ3v) is 4.28. The van der Waals surface area contributed by atoms with Crippen LogP contribution in [0.2, 0.25) is 0 Å². The molecule has 1 aliphatic heterocycles. The van der Waals surface area contributed by atoms with Crippen LogP contribution >= 0.6 is 0 Å². The molecule has 2 N–H and O–H groups in total. The topological polar surface area (TPSA) is 105 Å². The molecule has 0 radical (unpaired) electrons. The van der Waals surface area contributed by atoms with Gasteiger partial charge in [0.1, 0.15) is 12.1 Å². The number of carbonyl (C=O) groups is 4. The van der Waals surface area contributed by atoms with Crippen molar-refractivity contribution in [2.45, 2.75) is 39.3 Å². The number of ether oxygens (including phenoxy) is 1. The second-order valence-corrected chi connectivity index (χ2v) is 7.08. The summed E-state index contributed by atoms with van der Waals surface area (Å²) in [6.07, 6.45) is -1.02. The lowest BCUT2D eigenvalue weighted by atomic mass is 9.92. The zero-order chi connectivity index (χ0) is 20.2. The molecule has 0 unspecified atom stereocenters. The van der Waals surface area contributed by atoms with E-state index in [0.717, 1.165) is 4.90 Å². The van der Waals surface area contributed by atoms with E-state index < -0.39 is 42.0 Å². The first kappa shape index (κ1) is 20.4. The van der Waals surface area contributed by atoms with Gasteiger partial charge in [-0.3, -0.25) is 19.3 Å². The number of hydrogen-bond acceptors (Lipinski definition) is 5. The summed E-state index contributed by atoms with van der Waals surface area (Å²) in [6, 6.07) is 8.08. The van der Waals surface area contributed by atoms with Crippen molar-refractivity contribution in [1.82, 2.24) is 15.5 Å². The molecule has 1 fully saturated rings. The maximum Gasteiger partial charge on any atom is 0.327 e. The molecule has 1 aromatic carbocycles. The van der Waals surface area contributed by atoms with Crippen LogP contribution in [0.5, 0.6) is 0 Å². The van der Waals surface area contributed by atoms with Crippen molar-refractivity contribution in [2.24, 2.45) is 5.92 Å². The van der Waals surface area contributed by atoms with E-state index in [1.54, 1.807) is 37.3 Å². The summed E-state index contributed by atoms with van der Waals surface area (Å²) in [5.41, 5.74) is -0.639. The molecule has 1 aromatic rings. The van der Waals surface area contributed by atoms with Crippen LogP contribution in [0.4, 0.5) is 4.79 Å². The molecule has 0 saturated carbocycles. The van der Waals surface area contributed by atoms with E-state index in [-0.39, 0.29) is 5.92 Å². The Hall–Kier alpha value is -2.90. The number of imide groups is 1. The molecule has 1 saturated heterocycles. The summed E-state index contributed by atoms with van der Waals surface area (Å²) < 4.78 is 5.05. The zero-order valence-corrected chi connectivity index (χ0v) is 15.9. The Kier molecular flexibility index (Phi) is 6.20. The van der Waals surface area contributed by atoms with E-state index in [1.807, 2.05) is 13.8 Å². The van der Waals surface area contributed by atoms with Gasteiger partial charge in [-0.2, -0.15) is 0 Å². The Morgan fingerprint density at radius 1 is 1.19 bits per heavy atom. The minimum absolute atomic E-state index is 0.262. The van der Waals surface area contributed by atoms with Crippen LogP contribution in [0.15, 0.2) is 30.3 Å². The van der Waals surface area contributed by atoms with Gasteiger partial charge in [0.15, 0.2) is 6.10 Å². The second-order valence-electron chi connectivity index (χ2n) is 7.08. The highest BCUT2D eigenvalue weighted by atomic mass is 16.5. The van der Waals surface area contributed by atoms with Gasteiger partial charge in [0.2, 0.25) is 0 Å². The van der Waals surface area contributed by atoms with Gasteiger partial charge in [-0.25, -0.2) is 4.79 Å². The van der Waals surface area contributed by atoms with E-state index >= 15 is 0 Å². The predicted octanol–water partition coefficient (Wildman–Crippen LogP) is 1.16. The number of urea groups is 1. The molecule has 1 aliphatic rings. The van der Waals surface area contributed by atoms with Crippen molar-refractivity contribution in [3.63, 3.8) is 0 Å². The van der Waals surface area contributed by atoms with Crippen LogP contribution in [0, 0.1) is 5.92 Å². The summed E-state index contributed by atoms with van der Waals surface area (Å²) in [4.78, 5) is 49.7. The summed E-state index contributed by atoms with van der Waals surface area (Å²) in [7, 11) is 0. The molecule has 146 valence electrons. The van der Waals surface area contributed by atoms with Gasteiger partial charge in [0.25, 0.3) is 11.8 Å². The fourth-order valence-electron chi connectivity index (χ4n) is 2.67. The number of carbonyl (C=O) groups excluding carboxylic acids is 4. The van der Waals surface area contributed by atoms with Crippen molar-refractivity contribution >= 4 is 23.8 Å². The smallest absolute Gasteiger partial charge is 0.327 e. The molecule has 0 spiro atoms. The third-order valence-electron chi connectivity index (χ3n) is 4.28. The van der Waals surface area contributed by atoms with Crippen molar-refractivity contribution in [3.05, 3.63) is 35.9 Å². The average molecular weight is 375 g/mol. The van der Waals surface area contributed by atoms with E-state index in [1.165, 1.54) is 6.92 Å². The minimum Gasteiger partial charge on any atom is -0.451 e.